The standard InChI is InChI=1S/C30H29ClF4N6O5.C2HF3O2/c1-39-21(19-4-5-22(46-30(34)35)24(33)23(19)32)13-37-26(39)27(43)38-17-2-3-18(20(31)12-17)29(45)40-9-6-15(7-10-40)28(44)41-11-8-16(14-41)25(36)42;3-2(4,5)1(6)7/h2-5,12-13,15-16,30H,6-11,14H2,1H3,(H2,36,42)(H,38,43);(H,6,7). The van der Waals surface area contributed by atoms with Crippen molar-refractivity contribution >= 4 is 46.9 Å². The minimum atomic E-state index is -5.08. The number of rotatable bonds is 8. The minimum absolute atomic E-state index is 0.00937. The molecule has 2 saturated heterocycles. The fourth-order valence-electron chi connectivity index (χ4n) is 5.69. The number of hydrogen-bond acceptors (Lipinski definition) is 7. The van der Waals surface area contributed by atoms with Crippen molar-refractivity contribution in [3.05, 3.63) is 64.6 Å². The predicted molar refractivity (Wildman–Crippen MR) is 171 cm³/mol. The number of carbonyl (C=O) groups excluding carboxylic acids is 4. The maximum atomic E-state index is 14.7. The van der Waals surface area contributed by atoms with Gasteiger partial charge in [-0.1, -0.05) is 11.6 Å². The van der Waals surface area contributed by atoms with E-state index in [4.69, 9.17) is 27.2 Å². The van der Waals surface area contributed by atoms with Gasteiger partial charge in [0, 0.05) is 50.4 Å². The molecule has 0 radical (unpaired) electrons. The fourth-order valence-corrected chi connectivity index (χ4v) is 5.95. The third-order valence-corrected chi connectivity index (χ3v) is 8.78. The molecule has 2 fully saturated rings. The van der Waals surface area contributed by atoms with E-state index in [0.29, 0.717) is 45.4 Å². The molecule has 1 unspecified atom stereocenters. The molecule has 286 valence electrons. The van der Waals surface area contributed by atoms with Crippen LogP contribution in [0.3, 0.4) is 0 Å². The van der Waals surface area contributed by atoms with Gasteiger partial charge >= 0.3 is 18.8 Å². The highest BCUT2D eigenvalue weighted by molar-refractivity contribution is 6.34. The molecular formula is C32H30ClF7N6O7. The molecule has 0 bridgehead atoms. The monoisotopic (exact) mass is 778 g/mol. The number of likely N-dealkylation sites (tertiary alicyclic amines) is 2. The number of ether oxygens (including phenoxy) is 1. The second-order valence-electron chi connectivity index (χ2n) is 11.8. The van der Waals surface area contributed by atoms with Crippen molar-refractivity contribution in [1.29, 1.82) is 0 Å². The Labute approximate surface area is 300 Å². The topological polar surface area (TPSA) is 177 Å². The second-order valence-corrected chi connectivity index (χ2v) is 12.2. The molecule has 0 saturated carbocycles. The van der Waals surface area contributed by atoms with E-state index in [-0.39, 0.29) is 57.0 Å². The van der Waals surface area contributed by atoms with E-state index in [9.17, 15) is 49.9 Å². The molecular weight excluding hydrogens is 749 g/mol. The summed E-state index contributed by atoms with van der Waals surface area (Å²) in [6, 6.07) is 6.17. The van der Waals surface area contributed by atoms with Crippen molar-refractivity contribution in [3.8, 4) is 17.0 Å². The number of amides is 4. The largest absolute Gasteiger partial charge is 0.490 e. The number of primary amides is 1. The fraction of sp³-hybridized carbons (Fsp3) is 0.375. The number of aromatic nitrogens is 2. The Morgan fingerprint density at radius 2 is 1.58 bits per heavy atom. The number of hydrogen-bond donors (Lipinski definition) is 3. The first kappa shape index (κ1) is 40.4. The number of alkyl halides is 5. The van der Waals surface area contributed by atoms with E-state index in [1.807, 2.05) is 0 Å². The van der Waals surface area contributed by atoms with Crippen molar-refractivity contribution in [3.63, 3.8) is 0 Å². The lowest BCUT2D eigenvalue weighted by Gasteiger charge is -2.33. The van der Waals surface area contributed by atoms with Crippen molar-refractivity contribution in [2.45, 2.75) is 32.1 Å². The number of imidazole rings is 1. The van der Waals surface area contributed by atoms with Gasteiger partial charge in [-0.25, -0.2) is 14.2 Å². The second kappa shape index (κ2) is 16.5. The molecule has 13 nitrogen and oxygen atoms in total. The van der Waals surface area contributed by atoms with Gasteiger partial charge in [0.15, 0.2) is 17.4 Å². The van der Waals surface area contributed by atoms with Crippen LogP contribution in [0.4, 0.5) is 36.4 Å². The average Bonchev–Trinajstić information content (AvgIpc) is 3.74. The van der Waals surface area contributed by atoms with Crippen molar-refractivity contribution in [2.75, 3.05) is 31.5 Å². The van der Waals surface area contributed by atoms with Crippen LogP contribution in [-0.2, 0) is 21.4 Å². The van der Waals surface area contributed by atoms with Gasteiger partial charge in [-0.3, -0.25) is 19.2 Å². The molecule has 2 aliphatic heterocycles. The summed E-state index contributed by atoms with van der Waals surface area (Å²) in [5.74, 6) is -9.09. The summed E-state index contributed by atoms with van der Waals surface area (Å²) >= 11 is 6.42. The van der Waals surface area contributed by atoms with Gasteiger partial charge in [-0.2, -0.15) is 26.3 Å². The van der Waals surface area contributed by atoms with Crippen LogP contribution in [0.15, 0.2) is 36.5 Å². The van der Waals surface area contributed by atoms with Crippen LogP contribution in [0.2, 0.25) is 5.02 Å². The third-order valence-electron chi connectivity index (χ3n) is 8.46. The number of carboxylic acid groups (broad SMARTS) is 1. The van der Waals surface area contributed by atoms with Crippen LogP contribution in [-0.4, -0.2) is 93.0 Å². The highest BCUT2D eigenvalue weighted by Gasteiger charge is 2.38. The zero-order valence-corrected chi connectivity index (χ0v) is 28.2. The van der Waals surface area contributed by atoms with Gasteiger partial charge in [0.2, 0.25) is 17.6 Å². The number of carboxylic acids is 1. The molecule has 2 aliphatic rings. The Kier molecular flexibility index (Phi) is 12.6. The smallest absolute Gasteiger partial charge is 0.475 e. The van der Waals surface area contributed by atoms with Gasteiger partial charge in [-0.15, -0.1) is 0 Å². The molecule has 4 N–H and O–H groups in total. The SMILES string of the molecule is Cn1c(-c2ccc(OC(F)F)c(F)c2F)cnc1C(=O)Nc1ccc(C(=O)N2CCC(C(=O)N3CCC(C(N)=O)C3)CC2)c(Cl)c1.O=C(O)C(F)(F)F. The Bertz CT molecular complexity index is 1900. The van der Waals surface area contributed by atoms with E-state index in [0.717, 1.165) is 18.3 Å². The number of halogens is 8. The maximum Gasteiger partial charge on any atom is 0.490 e. The number of nitrogens with zero attached hydrogens (tertiary/aromatic N) is 4. The molecule has 0 spiro atoms. The van der Waals surface area contributed by atoms with Gasteiger partial charge in [0.25, 0.3) is 11.8 Å². The zero-order valence-electron chi connectivity index (χ0n) is 27.4. The quantitative estimate of drug-likeness (QED) is 0.276. The summed E-state index contributed by atoms with van der Waals surface area (Å²) in [7, 11) is 1.38. The molecule has 3 heterocycles. The molecule has 3 aromatic rings. The third kappa shape index (κ3) is 9.53. The molecule has 5 rings (SSSR count). The Balaban J connectivity index is 0.000000815. The summed E-state index contributed by atoms with van der Waals surface area (Å²) in [6.07, 6.45) is -2.49. The first-order valence-electron chi connectivity index (χ1n) is 15.5. The average molecular weight is 779 g/mol. The molecule has 21 heteroatoms. The zero-order chi connectivity index (χ0) is 39.4. The van der Waals surface area contributed by atoms with E-state index in [2.05, 4.69) is 15.0 Å². The number of aliphatic carboxylic acids is 1. The number of nitrogens with two attached hydrogens (primary N) is 1. The minimum Gasteiger partial charge on any atom is -0.475 e. The number of anilines is 1. The van der Waals surface area contributed by atoms with Crippen LogP contribution < -0.4 is 15.8 Å². The number of benzene rings is 2. The summed E-state index contributed by atoms with van der Waals surface area (Å²) in [5, 5.41) is 9.78. The summed E-state index contributed by atoms with van der Waals surface area (Å²) < 4.78 is 90.7. The van der Waals surface area contributed by atoms with Gasteiger partial charge < -0.3 is 35.3 Å². The van der Waals surface area contributed by atoms with Crippen molar-refractivity contribution in [2.24, 2.45) is 24.6 Å². The number of nitrogens with one attached hydrogen (secondary N) is 1. The first-order chi connectivity index (χ1) is 24.8. The normalized spacial score (nSPS) is 16.2. The predicted octanol–water partition coefficient (Wildman–Crippen LogP) is 4.69. The lowest BCUT2D eigenvalue weighted by molar-refractivity contribution is -0.192. The molecule has 53 heavy (non-hydrogen) atoms. The van der Waals surface area contributed by atoms with Gasteiger partial charge in [-0.05, 0) is 49.6 Å². The van der Waals surface area contributed by atoms with Crippen LogP contribution in [0, 0.1) is 23.5 Å². The van der Waals surface area contributed by atoms with E-state index < -0.39 is 48.0 Å². The number of piperidine rings is 1. The summed E-state index contributed by atoms with van der Waals surface area (Å²) in [6.45, 7) is -1.86. The van der Waals surface area contributed by atoms with Crippen LogP contribution >= 0.6 is 11.6 Å². The number of carbonyl (C=O) groups is 5. The van der Waals surface area contributed by atoms with E-state index in [1.54, 1.807) is 9.80 Å². The molecule has 4 amide bonds. The maximum absolute atomic E-state index is 14.7. The Hall–Kier alpha value is -5.40. The van der Waals surface area contributed by atoms with E-state index in [1.165, 1.54) is 29.8 Å². The van der Waals surface area contributed by atoms with E-state index >= 15 is 0 Å². The Morgan fingerprint density at radius 1 is 0.981 bits per heavy atom. The molecule has 1 aromatic heterocycles. The van der Waals surface area contributed by atoms with Crippen LogP contribution in [0.5, 0.6) is 5.75 Å². The van der Waals surface area contributed by atoms with Crippen LogP contribution in [0.1, 0.15) is 40.2 Å². The molecule has 0 aliphatic carbocycles. The molecule has 1 atom stereocenters. The lowest BCUT2D eigenvalue weighted by Crippen LogP contribution is -2.44. The van der Waals surface area contributed by atoms with Crippen molar-refractivity contribution < 1.29 is 64.5 Å². The van der Waals surface area contributed by atoms with Crippen LogP contribution in [0.25, 0.3) is 11.3 Å². The Morgan fingerprint density at radius 3 is 2.13 bits per heavy atom. The molecule has 2 aromatic carbocycles. The summed E-state index contributed by atoms with van der Waals surface area (Å²) in [5.41, 5.74) is 5.45. The highest BCUT2D eigenvalue weighted by atomic mass is 35.5. The van der Waals surface area contributed by atoms with Crippen molar-refractivity contribution in [1.82, 2.24) is 19.4 Å². The van der Waals surface area contributed by atoms with Gasteiger partial charge in [0.1, 0.15) is 0 Å². The first-order valence-corrected chi connectivity index (χ1v) is 15.9. The lowest BCUT2D eigenvalue weighted by atomic mass is 9.94. The highest BCUT2D eigenvalue weighted by Crippen LogP contribution is 2.32. The summed E-state index contributed by atoms with van der Waals surface area (Å²) in [4.78, 5) is 66.7. The van der Waals surface area contributed by atoms with Gasteiger partial charge in [0.05, 0.1) is 28.4 Å².